The van der Waals surface area contributed by atoms with E-state index in [0.717, 1.165) is 60.0 Å². The molecule has 1 heterocycles. The zero-order chi connectivity index (χ0) is 27.5. The number of aromatic hydroxyl groups is 1. The first-order chi connectivity index (χ1) is 18.9. The summed E-state index contributed by atoms with van der Waals surface area (Å²) in [7, 11) is 0. The number of hydrogen-bond donors (Lipinski definition) is 3. The summed E-state index contributed by atoms with van der Waals surface area (Å²) < 4.78 is 0. The van der Waals surface area contributed by atoms with Crippen molar-refractivity contribution in [3.05, 3.63) is 76.9 Å². The number of likely N-dealkylation sites (tertiary alicyclic amines) is 1. The number of nitrogens with zero attached hydrogens (tertiary/aromatic N) is 1. The van der Waals surface area contributed by atoms with Gasteiger partial charge in [0, 0.05) is 12.0 Å². The zero-order valence-corrected chi connectivity index (χ0v) is 22.6. The molecule has 2 amide bonds. The number of hydrogen-bond acceptors (Lipinski definition) is 5. The van der Waals surface area contributed by atoms with Crippen molar-refractivity contribution in [2.75, 3.05) is 6.61 Å². The first-order valence-corrected chi connectivity index (χ1v) is 14.3. The van der Waals surface area contributed by atoms with E-state index in [4.69, 9.17) is 0 Å². The smallest absolute Gasteiger partial charge is 0.234 e. The molecule has 0 unspecified atom stereocenters. The molecule has 6 nitrogen and oxygen atoms in total. The minimum atomic E-state index is -0.832. The van der Waals surface area contributed by atoms with Crippen LogP contribution in [0, 0.1) is 17.8 Å². The third kappa shape index (κ3) is 5.59. The van der Waals surface area contributed by atoms with Gasteiger partial charge in [-0.25, -0.2) is 0 Å². The predicted molar refractivity (Wildman–Crippen MR) is 151 cm³/mol. The minimum Gasteiger partial charge on any atom is -0.508 e. The van der Waals surface area contributed by atoms with Gasteiger partial charge in [0.2, 0.25) is 11.8 Å². The number of aliphatic hydroxyl groups is 2. The Labute approximate surface area is 230 Å². The van der Waals surface area contributed by atoms with Gasteiger partial charge < -0.3 is 15.3 Å². The molecule has 0 radical (unpaired) electrons. The van der Waals surface area contributed by atoms with Crippen LogP contribution in [0.2, 0.25) is 0 Å². The molecular weight excluding hydrogens is 490 g/mol. The number of benzene rings is 2. The number of fused-ring (bicyclic) bond motifs is 1. The highest BCUT2D eigenvalue weighted by atomic mass is 16.3. The van der Waals surface area contributed by atoms with E-state index >= 15 is 0 Å². The van der Waals surface area contributed by atoms with Crippen molar-refractivity contribution in [2.45, 2.75) is 70.4 Å². The number of imide groups is 1. The van der Waals surface area contributed by atoms with Crippen molar-refractivity contribution >= 4 is 23.5 Å². The third-order valence-corrected chi connectivity index (χ3v) is 8.92. The summed E-state index contributed by atoms with van der Waals surface area (Å²) >= 11 is 0. The largest absolute Gasteiger partial charge is 0.508 e. The Bertz CT molecular complexity index is 1240. The van der Waals surface area contributed by atoms with E-state index in [1.165, 1.54) is 4.90 Å². The molecule has 39 heavy (non-hydrogen) atoms. The van der Waals surface area contributed by atoms with Crippen LogP contribution < -0.4 is 0 Å². The van der Waals surface area contributed by atoms with Crippen LogP contribution in [0.4, 0.5) is 0 Å². The molecule has 2 aliphatic carbocycles. The van der Waals surface area contributed by atoms with Crippen molar-refractivity contribution in [3.63, 3.8) is 0 Å². The van der Waals surface area contributed by atoms with Crippen molar-refractivity contribution in [1.29, 1.82) is 0 Å². The highest BCUT2D eigenvalue weighted by Crippen LogP contribution is 2.47. The highest BCUT2D eigenvalue weighted by Gasteiger charge is 2.55. The number of carbonyl (C=O) groups is 2. The van der Waals surface area contributed by atoms with E-state index in [1.807, 2.05) is 49.4 Å². The molecule has 4 atom stereocenters. The molecule has 1 aliphatic heterocycles. The van der Waals surface area contributed by atoms with E-state index in [0.29, 0.717) is 19.3 Å². The predicted octanol–water partition coefficient (Wildman–Crippen LogP) is 5.34. The quantitative estimate of drug-likeness (QED) is 0.244. The fourth-order valence-corrected chi connectivity index (χ4v) is 7.01. The van der Waals surface area contributed by atoms with Crippen LogP contribution in [-0.4, -0.2) is 50.8 Å². The molecule has 3 N–H and O–H groups in total. The average Bonchev–Trinajstić information content (AvgIpc) is 3.20. The Kier molecular flexibility index (Phi) is 8.34. The molecule has 2 aromatic rings. The summed E-state index contributed by atoms with van der Waals surface area (Å²) in [5.41, 5.74) is 4.68. The second kappa shape index (κ2) is 11.9. The molecule has 1 saturated carbocycles. The van der Waals surface area contributed by atoms with Crippen LogP contribution >= 0.6 is 0 Å². The summed E-state index contributed by atoms with van der Waals surface area (Å²) in [5.74, 6) is -1.64. The van der Waals surface area contributed by atoms with Crippen molar-refractivity contribution < 1.29 is 24.9 Å². The van der Waals surface area contributed by atoms with Gasteiger partial charge in [-0.1, -0.05) is 73.4 Å². The van der Waals surface area contributed by atoms with Crippen molar-refractivity contribution in [3.8, 4) is 5.75 Å². The molecule has 2 fully saturated rings. The maximum Gasteiger partial charge on any atom is 0.234 e. The van der Waals surface area contributed by atoms with Gasteiger partial charge in [0.1, 0.15) is 5.75 Å². The van der Waals surface area contributed by atoms with E-state index in [-0.39, 0.29) is 30.2 Å². The van der Waals surface area contributed by atoms with Crippen molar-refractivity contribution in [1.82, 2.24) is 4.90 Å². The van der Waals surface area contributed by atoms with Crippen molar-refractivity contribution in [2.24, 2.45) is 17.8 Å². The molecule has 1 saturated heterocycles. The standard InChI is InChI=1S/C33H39NO5/c1-21-18-27-31(33(39)34(32(27)38)25-10-6-3-7-11-25)28(20-35)30(21)29(37)17-14-24(23-8-4-2-5-9-23)19-22-12-15-26(36)16-13-22/h2,4-5,8-9,12-13,15-16,19,25,27-29,31,35-37H,3,6-7,10-11,14,17-18,20H2,1H3/b24-19-/t27-,28+,29-,31-/m1/s1. The lowest BCUT2D eigenvalue weighted by molar-refractivity contribution is -0.143. The Hall–Kier alpha value is -3.22. The van der Waals surface area contributed by atoms with Crippen LogP contribution in [0.15, 0.2) is 65.7 Å². The molecule has 3 aliphatic rings. The number of phenolic OH excluding ortho intramolecular Hbond substituents is 1. The lowest BCUT2D eigenvalue weighted by Gasteiger charge is -2.35. The number of allylic oxidation sites excluding steroid dienone is 2. The van der Waals surface area contributed by atoms with Gasteiger partial charge in [0.05, 0.1) is 24.5 Å². The van der Waals surface area contributed by atoms with E-state index in [1.54, 1.807) is 12.1 Å². The van der Waals surface area contributed by atoms with Crippen LogP contribution in [-0.2, 0) is 9.59 Å². The second-order valence-electron chi connectivity index (χ2n) is 11.4. The summed E-state index contributed by atoms with van der Waals surface area (Å²) in [6.45, 7) is 1.67. The maximum atomic E-state index is 13.6. The first-order valence-electron chi connectivity index (χ1n) is 14.3. The second-order valence-corrected chi connectivity index (χ2v) is 11.4. The Balaban J connectivity index is 1.37. The Morgan fingerprint density at radius 2 is 1.69 bits per heavy atom. The SMILES string of the molecule is CC1=C([C@H](O)CC/C(=C/c2ccc(O)cc2)c2ccccc2)[C@H](CO)[C@@H]2C(=O)N(C3CCCCC3)C(=O)[C@@H]2C1. The number of aliphatic hydroxyl groups excluding tert-OH is 2. The van der Waals surface area contributed by atoms with Gasteiger partial charge in [-0.15, -0.1) is 0 Å². The topological polar surface area (TPSA) is 98.1 Å². The van der Waals surface area contributed by atoms with Gasteiger partial charge in [-0.05, 0) is 73.4 Å². The highest BCUT2D eigenvalue weighted by molar-refractivity contribution is 6.06. The summed E-state index contributed by atoms with van der Waals surface area (Å²) in [5, 5.41) is 31.6. The van der Waals surface area contributed by atoms with Crippen LogP contribution in [0.25, 0.3) is 11.6 Å². The fourth-order valence-electron chi connectivity index (χ4n) is 7.01. The maximum absolute atomic E-state index is 13.6. The Morgan fingerprint density at radius 3 is 2.36 bits per heavy atom. The summed E-state index contributed by atoms with van der Waals surface area (Å²) in [6, 6.07) is 17.0. The summed E-state index contributed by atoms with van der Waals surface area (Å²) in [6.07, 6.45) is 7.61. The summed E-state index contributed by atoms with van der Waals surface area (Å²) in [4.78, 5) is 28.6. The van der Waals surface area contributed by atoms with Gasteiger partial charge in [0.15, 0.2) is 0 Å². The number of carbonyl (C=O) groups excluding carboxylic acids is 2. The monoisotopic (exact) mass is 529 g/mol. The molecule has 0 aromatic heterocycles. The molecular formula is C33H39NO5. The number of amides is 2. The van der Waals surface area contributed by atoms with Crippen LogP contribution in [0.1, 0.15) is 69.4 Å². The van der Waals surface area contributed by atoms with Gasteiger partial charge in [0.25, 0.3) is 0 Å². The van der Waals surface area contributed by atoms with E-state index in [9.17, 15) is 24.9 Å². The molecule has 5 rings (SSSR count). The first kappa shape index (κ1) is 27.4. The normalized spacial score (nSPS) is 25.3. The van der Waals surface area contributed by atoms with Gasteiger partial charge in [-0.3, -0.25) is 14.5 Å². The van der Waals surface area contributed by atoms with E-state index in [2.05, 4.69) is 6.08 Å². The molecule has 2 aromatic carbocycles. The lowest BCUT2D eigenvalue weighted by Crippen LogP contribution is -2.42. The molecule has 0 spiro atoms. The fraction of sp³-hybridized carbons (Fsp3) is 0.455. The average molecular weight is 530 g/mol. The van der Waals surface area contributed by atoms with Gasteiger partial charge in [-0.2, -0.15) is 0 Å². The van der Waals surface area contributed by atoms with Crippen LogP contribution in [0.3, 0.4) is 0 Å². The third-order valence-electron chi connectivity index (χ3n) is 8.92. The number of rotatable bonds is 8. The molecule has 6 heteroatoms. The lowest BCUT2D eigenvalue weighted by atomic mass is 9.68. The molecule has 0 bridgehead atoms. The zero-order valence-electron chi connectivity index (χ0n) is 22.6. The van der Waals surface area contributed by atoms with Gasteiger partial charge >= 0.3 is 0 Å². The minimum absolute atomic E-state index is 0.0316. The van der Waals surface area contributed by atoms with Crippen LogP contribution in [0.5, 0.6) is 5.75 Å². The van der Waals surface area contributed by atoms with E-state index < -0.39 is 23.9 Å². The number of phenols is 1. The molecule has 206 valence electrons. The Morgan fingerprint density at radius 1 is 1.00 bits per heavy atom.